The Labute approximate surface area is 74.4 Å². The Morgan fingerprint density at radius 3 is 2.31 bits per heavy atom. The number of rotatable bonds is 2. The predicted octanol–water partition coefficient (Wildman–Crippen LogP) is -2.77. The first-order chi connectivity index (χ1) is 6.11. The van der Waals surface area contributed by atoms with Crippen LogP contribution in [0.25, 0.3) is 0 Å². The number of aldehydes is 1. The zero-order chi connectivity index (χ0) is 10.0. The fourth-order valence-corrected chi connectivity index (χ4v) is 1.29. The summed E-state index contributed by atoms with van der Waals surface area (Å²) in [6.45, 7) is -0.519. The highest BCUT2D eigenvalue weighted by Gasteiger charge is 2.43. The van der Waals surface area contributed by atoms with Crippen molar-refractivity contribution in [2.45, 2.75) is 24.6 Å². The van der Waals surface area contributed by atoms with Gasteiger partial charge in [-0.3, -0.25) is 0 Å². The molecule has 0 bridgehead atoms. The average molecular weight is 192 g/mol. The van der Waals surface area contributed by atoms with E-state index in [4.69, 9.17) is 10.2 Å². The number of ether oxygens (including phenoxy) is 1. The van der Waals surface area contributed by atoms with Crippen LogP contribution in [0.2, 0.25) is 0 Å². The lowest BCUT2D eigenvalue weighted by atomic mass is 9.90. The third-order valence-electron chi connectivity index (χ3n) is 2.11. The molecule has 76 valence electrons. The summed E-state index contributed by atoms with van der Waals surface area (Å²) in [5, 5.41) is 36.2. The third-order valence-corrected chi connectivity index (χ3v) is 2.11. The molecule has 0 saturated carbocycles. The van der Waals surface area contributed by atoms with Crippen LogP contribution in [0.1, 0.15) is 0 Å². The van der Waals surface area contributed by atoms with E-state index in [9.17, 15) is 15.0 Å². The molecule has 1 aliphatic rings. The van der Waals surface area contributed by atoms with Crippen molar-refractivity contribution in [3.63, 3.8) is 0 Å². The molecule has 0 aromatic heterocycles. The SMILES string of the molecule is O=C[C@@H]1[C@H](O)[C@@H](O)O[C@H](CO)[C@H]1O. The smallest absolute Gasteiger partial charge is 0.182 e. The van der Waals surface area contributed by atoms with Gasteiger partial charge in [-0.2, -0.15) is 0 Å². The molecule has 0 aliphatic carbocycles. The van der Waals surface area contributed by atoms with Gasteiger partial charge in [-0.1, -0.05) is 0 Å². The van der Waals surface area contributed by atoms with Crippen molar-refractivity contribution in [2.24, 2.45) is 5.92 Å². The highest BCUT2D eigenvalue weighted by atomic mass is 16.6. The number of carbonyl (C=O) groups is 1. The van der Waals surface area contributed by atoms with Gasteiger partial charge in [-0.15, -0.1) is 0 Å². The highest BCUT2D eigenvalue weighted by molar-refractivity contribution is 5.56. The molecule has 6 heteroatoms. The monoisotopic (exact) mass is 192 g/mol. The zero-order valence-corrected chi connectivity index (χ0v) is 6.78. The van der Waals surface area contributed by atoms with E-state index in [0.29, 0.717) is 6.29 Å². The predicted molar refractivity (Wildman–Crippen MR) is 39.5 cm³/mol. The van der Waals surface area contributed by atoms with Crippen LogP contribution in [0.15, 0.2) is 0 Å². The van der Waals surface area contributed by atoms with E-state index in [1.807, 2.05) is 0 Å². The molecule has 6 nitrogen and oxygen atoms in total. The molecule has 0 unspecified atom stereocenters. The summed E-state index contributed by atoms with van der Waals surface area (Å²) in [4.78, 5) is 10.4. The lowest BCUT2D eigenvalue weighted by Gasteiger charge is -2.37. The molecule has 1 saturated heterocycles. The van der Waals surface area contributed by atoms with Crippen molar-refractivity contribution in [2.75, 3.05) is 6.61 Å². The maximum absolute atomic E-state index is 10.4. The van der Waals surface area contributed by atoms with Gasteiger partial charge in [0.05, 0.1) is 18.6 Å². The molecule has 1 heterocycles. The second-order valence-electron chi connectivity index (χ2n) is 2.94. The fraction of sp³-hybridized carbons (Fsp3) is 0.857. The Bertz CT molecular complexity index is 184. The third kappa shape index (κ3) is 1.87. The molecule has 0 spiro atoms. The summed E-state index contributed by atoms with van der Waals surface area (Å²) in [6.07, 6.45) is -4.98. The van der Waals surface area contributed by atoms with Gasteiger partial charge in [0.25, 0.3) is 0 Å². The van der Waals surface area contributed by atoms with Crippen LogP contribution in [-0.2, 0) is 9.53 Å². The molecule has 1 aliphatic heterocycles. The van der Waals surface area contributed by atoms with Crippen LogP contribution < -0.4 is 0 Å². The molecule has 0 aromatic rings. The number of aliphatic hydroxyl groups is 4. The second kappa shape index (κ2) is 4.12. The van der Waals surface area contributed by atoms with E-state index < -0.39 is 37.1 Å². The number of hydrogen-bond acceptors (Lipinski definition) is 6. The summed E-state index contributed by atoms with van der Waals surface area (Å²) in [6, 6.07) is 0. The van der Waals surface area contributed by atoms with Crippen molar-refractivity contribution < 1.29 is 30.0 Å². The first-order valence-corrected chi connectivity index (χ1v) is 3.87. The lowest BCUT2D eigenvalue weighted by molar-refractivity contribution is -0.267. The summed E-state index contributed by atoms with van der Waals surface area (Å²) < 4.78 is 4.64. The molecule has 0 aromatic carbocycles. The van der Waals surface area contributed by atoms with Gasteiger partial charge in [0.2, 0.25) is 0 Å². The van der Waals surface area contributed by atoms with E-state index >= 15 is 0 Å². The molecule has 0 radical (unpaired) electrons. The van der Waals surface area contributed by atoms with Gasteiger partial charge in [0, 0.05) is 0 Å². The van der Waals surface area contributed by atoms with Crippen LogP contribution in [0.3, 0.4) is 0 Å². The standard InChI is InChI=1S/C7H12O6/c8-1-3-5(10)4(2-9)13-7(12)6(3)11/h1,3-7,9-12H,2H2/t3-,4+,5-,6-,7-/m0/s1. The van der Waals surface area contributed by atoms with E-state index in [-0.39, 0.29) is 0 Å². The van der Waals surface area contributed by atoms with Gasteiger partial charge in [-0.05, 0) is 0 Å². The Kier molecular flexibility index (Phi) is 3.34. The molecule has 1 fully saturated rings. The quantitative estimate of drug-likeness (QED) is 0.353. The van der Waals surface area contributed by atoms with E-state index in [1.165, 1.54) is 0 Å². The topological polar surface area (TPSA) is 107 Å². The summed E-state index contributed by atoms with van der Waals surface area (Å²) in [5.41, 5.74) is 0. The summed E-state index contributed by atoms with van der Waals surface area (Å²) in [7, 11) is 0. The molecule has 0 amide bonds. The minimum absolute atomic E-state index is 0.337. The number of aliphatic hydroxyl groups excluding tert-OH is 4. The maximum Gasteiger partial charge on any atom is 0.182 e. The van der Waals surface area contributed by atoms with Crippen molar-refractivity contribution >= 4 is 6.29 Å². The minimum Gasteiger partial charge on any atom is -0.394 e. The van der Waals surface area contributed by atoms with E-state index in [2.05, 4.69) is 4.74 Å². The van der Waals surface area contributed by atoms with Crippen molar-refractivity contribution in [1.29, 1.82) is 0 Å². The van der Waals surface area contributed by atoms with Gasteiger partial charge in [0.1, 0.15) is 18.5 Å². The molecule has 5 atom stereocenters. The number of carbonyl (C=O) groups excluding carboxylic acids is 1. The molecular weight excluding hydrogens is 180 g/mol. The number of hydrogen-bond donors (Lipinski definition) is 4. The molecular formula is C7H12O6. The van der Waals surface area contributed by atoms with E-state index in [1.54, 1.807) is 0 Å². The van der Waals surface area contributed by atoms with Crippen LogP contribution in [0.5, 0.6) is 0 Å². The summed E-state index contributed by atoms with van der Waals surface area (Å²) >= 11 is 0. The van der Waals surface area contributed by atoms with Crippen LogP contribution in [0.4, 0.5) is 0 Å². The second-order valence-corrected chi connectivity index (χ2v) is 2.94. The molecule has 1 rings (SSSR count). The lowest BCUT2D eigenvalue weighted by Crippen LogP contribution is -2.55. The van der Waals surface area contributed by atoms with Crippen LogP contribution >= 0.6 is 0 Å². The van der Waals surface area contributed by atoms with E-state index in [0.717, 1.165) is 0 Å². The first-order valence-electron chi connectivity index (χ1n) is 3.87. The Morgan fingerprint density at radius 1 is 1.23 bits per heavy atom. The molecule has 4 N–H and O–H groups in total. The minimum atomic E-state index is -1.55. The van der Waals surface area contributed by atoms with Crippen molar-refractivity contribution in [3.8, 4) is 0 Å². The Hall–Kier alpha value is -0.530. The highest BCUT2D eigenvalue weighted by Crippen LogP contribution is 2.23. The van der Waals surface area contributed by atoms with Crippen LogP contribution in [0, 0.1) is 5.92 Å². The van der Waals surface area contributed by atoms with Gasteiger partial charge >= 0.3 is 0 Å². The Morgan fingerprint density at radius 2 is 1.85 bits per heavy atom. The zero-order valence-electron chi connectivity index (χ0n) is 6.78. The van der Waals surface area contributed by atoms with Gasteiger partial charge in [0.15, 0.2) is 6.29 Å². The fourth-order valence-electron chi connectivity index (χ4n) is 1.29. The van der Waals surface area contributed by atoms with Crippen LogP contribution in [-0.4, -0.2) is 57.9 Å². The molecule has 13 heavy (non-hydrogen) atoms. The largest absolute Gasteiger partial charge is 0.394 e. The van der Waals surface area contributed by atoms with Crippen molar-refractivity contribution in [1.82, 2.24) is 0 Å². The Balaban J connectivity index is 2.74. The summed E-state index contributed by atoms with van der Waals surface area (Å²) in [5.74, 6) is -1.12. The van der Waals surface area contributed by atoms with Gasteiger partial charge in [-0.25, -0.2) is 0 Å². The van der Waals surface area contributed by atoms with Gasteiger partial charge < -0.3 is 30.0 Å². The average Bonchev–Trinajstić information content (AvgIpc) is 2.12. The maximum atomic E-state index is 10.4. The first kappa shape index (κ1) is 10.6. The van der Waals surface area contributed by atoms with Crippen molar-refractivity contribution in [3.05, 3.63) is 0 Å². The normalized spacial score (nSPS) is 46.0.